The van der Waals surface area contributed by atoms with Crippen molar-refractivity contribution in [1.29, 1.82) is 0 Å². The first-order chi connectivity index (χ1) is 19.5. The van der Waals surface area contributed by atoms with Crippen LogP contribution in [0, 0.1) is 5.41 Å². The Kier molecular flexibility index (Phi) is 24.0. The summed E-state index contributed by atoms with van der Waals surface area (Å²) in [5.41, 5.74) is 2.31. The second-order valence-corrected chi connectivity index (χ2v) is 13.4. The summed E-state index contributed by atoms with van der Waals surface area (Å²) in [6, 6.07) is 0. The van der Waals surface area contributed by atoms with Gasteiger partial charge in [0.1, 0.15) is 0 Å². The zero-order valence-electron chi connectivity index (χ0n) is 27.8. The van der Waals surface area contributed by atoms with Crippen LogP contribution in [0.15, 0.2) is 11.6 Å². The van der Waals surface area contributed by atoms with Gasteiger partial charge in [-0.1, -0.05) is 109 Å². The maximum absolute atomic E-state index is 12.1. The first-order valence-electron chi connectivity index (χ1n) is 18.0. The molecule has 0 unspecified atom stereocenters. The zero-order chi connectivity index (χ0) is 29.2. The van der Waals surface area contributed by atoms with Gasteiger partial charge in [-0.05, 0) is 110 Å². The second kappa shape index (κ2) is 25.8. The van der Waals surface area contributed by atoms with Gasteiger partial charge in [-0.25, -0.2) is 0 Å². The van der Waals surface area contributed by atoms with Crippen molar-refractivity contribution >= 4 is 5.97 Å². The zero-order valence-corrected chi connectivity index (χ0v) is 27.8. The van der Waals surface area contributed by atoms with Crippen LogP contribution in [-0.2, 0) is 9.53 Å². The first-order valence-corrected chi connectivity index (χ1v) is 18.0. The summed E-state index contributed by atoms with van der Waals surface area (Å²) in [5, 5.41) is 0. The number of ether oxygens (including phenoxy) is 1. The highest BCUT2D eigenvalue weighted by atomic mass is 16.5. The molecule has 0 aromatic heterocycles. The van der Waals surface area contributed by atoms with Crippen LogP contribution in [0.25, 0.3) is 0 Å². The molecule has 0 radical (unpaired) electrons. The molecule has 0 saturated heterocycles. The van der Waals surface area contributed by atoms with Crippen LogP contribution in [0.2, 0.25) is 0 Å². The Morgan fingerprint density at radius 2 is 1.18 bits per heavy atom. The van der Waals surface area contributed by atoms with E-state index in [1.807, 2.05) is 0 Å². The Bertz CT molecular complexity index is 607. The number of carbonyl (C=O) groups excluding carboxylic acids is 1. The first kappa shape index (κ1) is 37.2. The van der Waals surface area contributed by atoms with E-state index >= 15 is 0 Å². The number of hydrogen-bond acceptors (Lipinski definition) is 3. The second-order valence-electron chi connectivity index (χ2n) is 13.4. The molecule has 0 aliphatic heterocycles. The van der Waals surface area contributed by atoms with E-state index in [9.17, 15) is 4.79 Å². The third kappa shape index (κ3) is 22.8. The van der Waals surface area contributed by atoms with Gasteiger partial charge in [-0.2, -0.15) is 0 Å². The number of esters is 1. The van der Waals surface area contributed by atoms with Crippen LogP contribution in [0.5, 0.6) is 0 Å². The smallest absolute Gasteiger partial charge is 0.305 e. The van der Waals surface area contributed by atoms with Crippen molar-refractivity contribution in [3.63, 3.8) is 0 Å². The van der Waals surface area contributed by atoms with E-state index in [0.717, 1.165) is 25.8 Å². The van der Waals surface area contributed by atoms with Crippen LogP contribution in [0.3, 0.4) is 0 Å². The Labute approximate surface area is 251 Å². The minimum atomic E-state index is 0.0135. The van der Waals surface area contributed by atoms with Gasteiger partial charge in [0.15, 0.2) is 0 Å². The quantitative estimate of drug-likeness (QED) is 0.0496. The lowest BCUT2D eigenvalue weighted by Gasteiger charge is -2.15. The molecule has 0 spiro atoms. The van der Waals surface area contributed by atoms with E-state index < -0.39 is 0 Å². The Balaban J connectivity index is 2.25. The summed E-state index contributed by atoms with van der Waals surface area (Å²) in [6.07, 6.45) is 38.1. The third-order valence-corrected chi connectivity index (χ3v) is 9.10. The fourth-order valence-electron chi connectivity index (χ4n) is 6.11. The highest BCUT2D eigenvalue weighted by Gasteiger charge is 2.40. The van der Waals surface area contributed by atoms with Crippen LogP contribution in [-0.4, -0.2) is 38.1 Å². The average Bonchev–Trinajstić information content (AvgIpc) is 3.70. The van der Waals surface area contributed by atoms with Gasteiger partial charge in [0.2, 0.25) is 0 Å². The molecule has 3 nitrogen and oxygen atoms in total. The van der Waals surface area contributed by atoms with Gasteiger partial charge < -0.3 is 9.64 Å². The minimum absolute atomic E-state index is 0.0135. The fourth-order valence-corrected chi connectivity index (χ4v) is 6.11. The molecule has 0 heterocycles. The lowest BCUT2D eigenvalue weighted by Crippen LogP contribution is -2.14. The predicted molar refractivity (Wildman–Crippen MR) is 176 cm³/mol. The van der Waals surface area contributed by atoms with E-state index in [2.05, 4.69) is 38.9 Å². The number of allylic oxidation sites excluding steroid dienone is 2. The van der Waals surface area contributed by atoms with Crippen LogP contribution < -0.4 is 0 Å². The molecule has 0 atom stereocenters. The Morgan fingerprint density at radius 1 is 0.650 bits per heavy atom. The molecule has 0 amide bonds. The van der Waals surface area contributed by atoms with E-state index in [-0.39, 0.29) is 5.97 Å². The molecule has 0 N–H and O–H groups in total. The average molecular weight is 562 g/mol. The molecule has 0 bridgehead atoms. The summed E-state index contributed by atoms with van der Waals surface area (Å²) in [5.74, 6) is 0.0135. The maximum atomic E-state index is 12.1. The summed E-state index contributed by atoms with van der Waals surface area (Å²) in [7, 11) is 4.18. The summed E-state index contributed by atoms with van der Waals surface area (Å²) in [6.45, 7) is 6.26. The van der Waals surface area contributed by atoms with Gasteiger partial charge >= 0.3 is 5.97 Å². The topological polar surface area (TPSA) is 29.5 Å². The lowest BCUT2D eigenvalue weighted by molar-refractivity contribution is -0.144. The Morgan fingerprint density at radius 3 is 1.70 bits per heavy atom. The molecule has 3 heteroatoms. The molecule has 40 heavy (non-hydrogen) atoms. The number of rotatable bonds is 30. The predicted octanol–water partition coefficient (Wildman–Crippen LogP) is 11.6. The van der Waals surface area contributed by atoms with Crippen LogP contribution in [0.4, 0.5) is 0 Å². The number of hydrogen-bond donors (Lipinski definition) is 0. The van der Waals surface area contributed by atoms with E-state index in [1.54, 1.807) is 5.57 Å². The summed E-state index contributed by atoms with van der Waals surface area (Å²) in [4.78, 5) is 14.3. The van der Waals surface area contributed by atoms with Crippen molar-refractivity contribution in [1.82, 2.24) is 4.90 Å². The maximum Gasteiger partial charge on any atom is 0.305 e. The normalized spacial score (nSPS) is 14.7. The van der Waals surface area contributed by atoms with Crippen LogP contribution >= 0.6 is 0 Å². The van der Waals surface area contributed by atoms with Gasteiger partial charge in [-0.3, -0.25) is 4.79 Å². The molecular formula is C37H71NO2. The molecule has 0 aromatic rings. The number of nitrogens with zero attached hydrogens (tertiary/aromatic N) is 1. The SMILES string of the molecule is CCCCCCCCCC/C(=C\CCCC1(CCCC(=O)OCCCCN(C)C)CC1)CCCCCCCCC. The van der Waals surface area contributed by atoms with Crippen molar-refractivity contribution in [2.45, 2.75) is 187 Å². The van der Waals surface area contributed by atoms with Gasteiger partial charge in [0.05, 0.1) is 6.61 Å². The van der Waals surface area contributed by atoms with Gasteiger partial charge in [0, 0.05) is 6.42 Å². The Hall–Kier alpha value is -0.830. The van der Waals surface area contributed by atoms with Crippen molar-refractivity contribution in [3.05, 3.63) is 11.6 Å². The number of unbranched alkanes of at least 4 members (excludes halogenated alkanes) is 15. The van der Waals surface area contributed by atoms with Gasteiger partial charge in [-0.15, -0.1) is 0 Å². The fraction of sp³-hybridized carbons (Fsp3) is 0.919. The van der Waals surface area contributed by atoms with Crippen LogP contribution in [0.1, 0.15) is 187 Å². The molecule has 0 aromatic carbocycles. The monoisotopic (exact) mass is 562 g/mol. The van der Waals surface area contributed by atoms with E-state index in [4.69, 9.17) is 4.74 Å². The van der Waals surface area contributed by atoms with Crippen molar-refractivity contribution in [3.8, 4) is 0 Å². The minimum Gasteiger partial charge on any atom is -0.466 e. The molecular weight excluding hydrogens is 490 g/mol. The highest BCUT2D eigenvalue weighted by molar-refractivity contribution is 5.69. The highest BCUT2D eigenvalue weighted by Crippen LogP contribution is 2.53. The molecule has 236 valence electrons. The van der Waals surface area contributed by atoms with Crippen molar-refractivity contribution in [2.24, 2.45) is 5.41 Å². The lowest BCUT2D eigenvalue weighted by atomic mass is 9.92. The van der Waals surface area contributed by atoms with E-state index in [0.29, 0.717) is 18.4 Å². The van der Waals surface area contributed by atoms with Crippen molar-refractivity contribution in [2.75, 3.05) is 27.2 Å². The van der Waals surface area contributed by atoms with E-state index in [1.165, 1.54) is 148 Å². The number of carbonyl (C=O) groups is 1. The standard InChI is InChI=1S/C37H71NO2/c1-5-7-9-11-13-15-17-19-26-35(25-18-16-14-12-10-8-6-2)27-20-21-29-37(31-32-37)30-24-28-36(39)40-34-23-22-33-38(3)4/h27H,5-26,28-34H2,1-4H3/b35-27-. The molecule has 1 rings (SSSR count). The van der Waals surface area contributed by atoms with Crippen molar-refractivity contribution < 1.29 is 9.53 Å². The third-order valence-electron chi connectivity index (χ3n) is 9.10. The molecule has 1 saturated carbocycles. The molecule has 1 aliphatic carbocycles. The molecule has 1 aliphatic rings. The molecule has 1 fully saturated rings. The summed E-state index contributed by atoms with van der Waals surface area (Å²) >= 11 is 0. The van der Waals surface area contributed by atoms with Gasteiger partial charge in [0.25, 0.3) is 0 Å². The largest absolute Gasteiger partial charge is 0.466 e. The summed E-state index contributed by atoms with van der Waals surface area (Å²) < 4.78 is 5.45.